The van der Waals surface area contributed by atoms with Crippen LogP contribution < -0.4 is 5.32 Å². The Kier molecular flexibility index (Phi) is 8.24. The summed E-state index contributed by atoms with van der Waals surface area (Å²) >= 11 is 0. The predicted octanol–water partition coefficient (Wildman–Crippen LogP) is 1.82. The number of aromatic nitrogens is 2. The zero-order chi connectivity index (χ0) is 23.9. The molecule has 34 heavy (non-hydrogen) atoms. The molecular formula is C26H35N5O3. The number of likely N-dealkylation sites (tertiary alicyclic amines) is 1. The number of aliphatic hydroxyl groups is 1. The van der Waals surface area contributed by atoms with Crippen molar-refractivity contribution in [2.45, 2.75) is 51.7 Å². The van der Waals surface area contributed by atoms with E-state index < -0.39 is 6.10 Å². The van der Waals surface area contributed by atoms with Crippen LogP contribution in [-0.4, -0.2) is 75.5 Å². The minimum absolute atomic E-state index is 0.127. The molecule has 1 fully saturated rings. The van der Waals surface area contributed by atoms with Crippen LogP contribution in [0.4, 0.5) is 0 Å². The average molecular weight is 466 g/mol. The maximum absolute atomic E-state index is 12.7. The number of amides is 2. The fraction of sp³-hybridized carbons (Fsp3) is 0.538. The van der Waals surface area contributed by atoms with Gasteiger partial charge < -0.3 is 15.3 Å². The number of hydrogen-bond acceptors (Lipinski definition) is 6. The van der Waals surface area contributed by atoms with Crippen molar-refractivity contribution in [3.05, 3.63) is 59.2 Å². The van der Waals surface area contributed by atoms with Crippen LogP contribution >= 0.6 is 0 Å². The van der Waals surface area contributed by atoms with Crippen LogP contribution in [0.1, 0.15) is 53.5 Å². The standard InChI is InChI=1S/C26H35N5O3/c1-19(32)31-11-8-20(9-12-31)13-23-14-25(29-18-28-23)26(34)27-15-24(33)17-30-10-4-7-21-5-2-3-6-22(21)16-30/h2-3,5-6,14,18,20,24,33H,4,7-13,15-17H2,1H3,(H,27,34)/t24-/m0/s1. The van der Waals surface area contributed by atoms with E-state index in [9.17, 15) is 14.7 Å². The molecule has 2 aliphatic heterocycles. The van der Waals surface area contributed by atoms with Gasteiger partial charge in [0.1, 0.15) is 12.0 Å². The zero-order valence-corrected chi connectivity index (χ0v) is 19.9. The van der Waals surface area contributed by atoms with Crippen LogP contribution in [-0.2, 0) is 24.2 Å². The van der Waals surface area contributed by atoms with Crippen molar-refractivity contribution in [1.29, 1.82) is 0 Å². The van der Waals surface area contributed by atoms with Crippen LogP contribution in [0, 0.1) is 5.92 Å². The molecule has 2 aromatic rings. The molecule has 8 heteroatoms. The van der Waals surface area contributed by atoms with Gasteiger partial charge in [-0.3, -0.25) is 14.5 Å². The Morgan fingerprint density at radius 2 is 1.91 bits per heavy atom. The molecule has 4 rings (SSSR count). The molecule has 182 valence electrons. The number of nitrogens with zero attached hydrogens (tertiary/aromatic N) is 4. The van der Waals surface area contributed by atoms with Gasteiger partial charge in [-0.2, -0.15) is 0 Å². The van der Waals surface area contributed by atoms with E-state index in [0.29, 0.717) is 18.2 Å². The number of β-amino-alcohol motifs (C(OH)–C–C–N with tert-alkyl or cyclic N) is 1. The highest BCUT2D eigenvalue weighted by Crippen LogP contribution is 2.21. The summed E-state index contributed by atoms with van der Waals surface area (Å²) in [6.45, 7) is 5.61. The van der Waals surface area contributed by atoms with Crippen LogP contribution in [0.2, 0.25) is 0 Å². The molecule has 1 saturated heterocycles. The van der Waals surface area contributed by atoms with E-state index in [4.69, 9.17) is 0 Å². The molecule has 0 saturated carbocycles. The van der Waals surface area contributed by atoms with Crippen LogP contribution in [0.25, 0.3) is 0 Å². The summed E-state index contributed by atoms with van der Waals surface area (Å²) in [6, 6.07) is 10.2. The number of carbonyl (C=O) groups is 2. The smallest absolute Gasteiger partial charge is 0.270 e. The number of fused-ring (bicyclic) bond motifs is 1. The first kappa shape index (κ1) is 24.3. The Labute approximate surface area is 201 Å². The second-order valence-electron chi connectivity index (χ2n) is 9.52. The summed E-state index contributed by atoms with van der Waals surface area (Å²) < 4.78 is 0. The third-order valence-corrected chi connectivity index (χ3v) is 6.91. The Hall–Kier alpha value is -2.84. The van der Waals surface area contributed by atoms with Gasteiger partial charge in [0.05, 0.1) is 6.10 Å². The van der Waals surface area contributed by atoms with Crippen molar-refractivity contribution in [3.63, 3.8) is 0 Å². The van der Waals surface area contributed by atoms with E-state index >= 15 is 0 Å². The van der Waals surface area contributed by atoms with Gasteiger partial charge in [-0.15, -0.1) is 0 Å². The van der Waals surface area contributed by atoms with Gasteiger partial charge in [-0.1, -0.05) is 24.3 Å². The first-order valence-corrected chi connectivity index (χ1v) is 12.3. The number of piperidine rings is 1. The number of benzene rings is 1. The van der Waals surface area contributed by atoms with Crippen LogP contribution in [0.15, 0.2) is 36.7 Å². The molecule has 0 aliphatic carbocycles. The second-order valence-corrected chi connectivity index (χ2v) is 9.52. The second kappa shape index (κ2) is 11.5. The minimum atomic E-state index is -0.651. The fourth-order valence-corrected chi connectivity index (χ4v) is 4.97. The predicted molar refractivity (Wildman–Crippen MR) is 129 cm³/mol. The number of rotatable bonds is 7. The Morgan fingerprint density at radius 1 is 1.15 bits per heavy atom. The lowest BCUT2D eigenvalue weighted by molar-refractivity contribution is -0.130. The highest BCUT2D eigenvalue weighted by Gasteiger charge is 2.22. The Balaban J connectivity index is 1.24. The van der Waals surface area contributed by atoms with Gasteiger partial charge in [-0.25, -0.2) is 9.97 Å². The molecule has 1 aromatic carbocycles. The van der Waals surface area contributed by atoms with Gasteiger partial charge >= 0.3 is 0 Å². The molecule has 1 atom stereocenters. The van der Waals surface area contributed by atoms with Crippen molar-refractivity contribution in [2.24, 2.45) is 5.92 Å². The van der Waals surface area contributed by atoms with Gasteiger partial charge in [-0.05, 0) is 61.8 Å². The highest BCUT2D eigenvalue weighted by molar-refractivity contribution is 5.92. The summed E-state index contributed by atoms with van der Waals surface area (Å²) in [5.74, 6) is 0.277. The summed E-state index contributed by atoms with van der Waals surface area (Å²) in [7, 11) is 0. The quantitative estimate of drug-likeness (QED) is 0.647. The number of aliphatic hydroxyl groups excluding tert-OH is 1. The van der Waals surface area contributed by atoms with Crippen molar-refractivity contribution < 1.29 is 14.7 Å². The van der Waals surface area contributed by atoms with Crippen LogP contribution in [0.3, 0.4) is 0 Å². The van der Waals surface area contributed by atoms with E-state index in [-0.39, 0.29) is 18.4 Å². The maximum Gasteiger partial charge on any atom is 0.270 e. The third-order valence-electron chi connectivity index (χ3n) is 6.91. The molecule has 8 nitrogen and oxygen atoms in total. The summed E-state index contributed by atoms with van der Waals surface area (Å²) in [6.07, 6.45) is 5.56. The molecule has 2 aliphatic rings. The third kappa shape index (κ3) is 6.61. The maximum atomic E-state index is 12.7. The fourth-order valence-electron chi connectivity index (χ4n) is 4.97. The van der Waals surface area contributed by atoms with E-state index in [1.165, 1.54) is 17.5 Å². The highest BCUT2D eigenvalue weighted by atomic mass is 16.3. The Bertz CT molecular complexity index is 990. The molecule has 3 heterocycles. The number of hydrogen-bond donors (Lipinski definition) is 2. The molecule has 0 bridgehead atoms. The monoisotopic (exact) mass is 465 g/mol. The van der Waals surface area contributed by atoms with Crippen molar-refractivity contribution >= 4 is 11.8 Å². The zero-order valence-electron chi connectivity index (χ0n) is 19.9. The van der Waals surface area contributed by atoms with Crippen LogP contribution in [0.5, 0.6) is 0 Å². The largest absolute Gasteiger partial charge is 0.390 e. The van der Waals surface area contributed by atoms with Gasteiger partial charge in [0.15, 0.2) is 0 Å². The normalized spacial score (nSPS) is 18.1. The Morgan fingerprint density at radius 3 is 2.68 bits per heavy atom. The lowest BCUT2D eigenvalue weighted by Crippen LogP contribution is -2.40. The van der Waals surface area contributed by atoms with E-state index in [1.54, 1.807) is 13.0 Å². The lowest BCUT2D eigenvalue weighted by atomic mass is 9.92. The van der Waals surface area contributed by atoms with Crippen molar-refractivity contribution in [3.8, 4) is 0 Å². The first-order valence-electron chi connectivity index (χ1n) is 12.3. The SMILES string of the molecule is CC(=O)N1CCC(Cc2cc(C(=O)NC[C@H](O)CN3CCCc4ccccc4C3)ncn2)CC1. The molecule has 0 spiro atoms. The van der Waals surface area contributed by atoms with E-state index in [1.807, 2.05) is 4.90 Å². The number of carbonyl (C=O) groups excluding carboxylic acids is 2. The summed E-state index contributed by atoms with van der Waals surface area (Å²) in [4.78, 5) is 36.8. The van der Waals surface area contributed by atoms with E-state index in [2.05, 4.69) is 44.5 Å². The lowest BCUT2D eigenvalue weighted by Gasteiger charge is -2.31. The van der Waals surface area contributed by atoms with Crippen molar-refractivity contribution in [1.82, 2.24) is 25.1 Å². The molecule has 2 N–H and O–H groups in total. The number of aryl methyl sites for hydroxylation is 1. The van der Waals surface area contributed by atoms with Gasteiger partial charge in [0, 0.05) is 45.3 Å². The molecule has 0 radical (unpaired) electrons. The topological polar surface area (TPSA) is 98.7 Å². The average Bonchev–Trinajstić information content (AvgIpc) is 3.04. The molecule has 1 aromatic heterocycles. The number of nitrogens with one attached hydrogen (secondary N) is 1. The van der Waals surface area contributed by atoms with Gasteiger partial charge in [0.25, 0.3) is 5.91 Å². The summed E-state index contributed by atoms with van der Waals surface area (Å²) in [5.41, 5.74) is 3.86. The van der Waals surface area contributed by atoms with E-state index in [0.717, 1.165) is 64.0 Å². The molecule has 2 amide bonds. The molecular weight excluding hydrogens is 430 g/mol. The molecule has 0 unspecified atom stereocenters. The van der Waals surface area contributed by atoms with Crippen molar-refractivity contribution in [2.75, 3.05) is 32.7 Å². The first-order chi connectivity index (χ1) is 16.5. The minimum Gasteiger partial charge on any atom is -0.390 e. The summed E-state index contributed by atoms with van der Waals surface area (Å²) in [5, 5.41) is 13.4. The van der Waals surface area contributed by atoms with Gasteiger partial charge in [0.2, 0.25) is 5.91 Å².